The van der Waals surface area contributed by atoms with Gasteiger partial charge in [0.15, 0.2) is 0 Å². The average molecular weight is 309 g/mol. The van der Waals surface area contributed by atoms with Gasteiger partial charge in [-0.3, -0.25) is 9.59 Å². The van der Waals surface area contributed by atoms with Crippen LogP contribution in [0.5, 0.6) is 0 Å². The second-order valence-corrected chi connectivity index (χ2v) is 7.12. The van der Waals surface area contributed by atoms with Gasteiger partial charge in [-0.2, -0.15) is 0 Å². The molecule has 0 aliphatic carbocycles. The second-order valence-electron chi connectivity index (χ2n) is 6.18. The van der Waals surface area contributed by atoms with E-state index in [2.05, 4.69) is 10.3 Å². The second kappa shape index (κ2) is 5.75. The highest BCUT2D eigenvalue weighted by atomic mass is 32.1. The Labute approximate surface area is 129 Å². The molecule has 5 nitrogen and oxygen atoms in total. The van der Waals surface area contributed by atoms with Crippen molar-refractivity contribution in [2.24, 2.45) is 5.92 Å². The highest BCUT2D eigenvalue weighted by Crippen LogP contribution is 2.27. The molecule has 0 saturated carbocycles. The number of piperazine rings is 1. The maximum absolute atomic E-state index is 12.8. The van der Waals surface area contributed by atoms with E-state index in [-0.39, 0.29) is 17.7 Å². The summed E-state index contributed by atoms with van der Waals surface area (Å²) in [5.74, 6) is -0.0187. The van der Waals surface area contributed by atoms with E-state index in [0.717, 1.165) is 10.7 Å². The lowest BCUT2D eigenvalue weighted by molar-refractivity contribution is -0.157. The Hall–Kier alpha value is -1.43. The summed E-state index contributed by atoms with van der Waals surface area (Å²) >= 11 is 1.53. The fraction of sp³-hybridized carbons (Fsp3) is 0.667. The van der Waals surface area contributed by atoms with Crippen molar-refractivity contribution in [3.05, 3.63) is 16.1 Å². The van der Waals surface area contributed by atoms with Gasteiger partial charge in [-0.1, -0.05) is 20.8 Å². The molecule has 0 bridgehead atoms. The van der Waals surface area contributed by atoms with Crippen LogP contribution in [0, 0.1) is 12.8 Å². The summed E-state index contributed by atoms with van der Waals surface area (Å²) in [5.41, 5.74) is 0.137. The van der Waals surface area contributed by atoms with E-state index < -0.39 is 11.6 Å². The fourth-order valence-electron chi connectivity index (χ4n) is 2.68. The van der Waals surface area contributed by atoms with Gasteiger partial charge in [-0.25, -0.2) is 4.98 Å². The summed E-state index contributed by atoms with van der Waals surface area (Å²) in [6, 6.07) is -0.429. The number of thiazole rings is 1. The SMILES string of the molecule is CCC1(C)NC(=O)C(C(C)C)N(Cc2nc(C)cs2)C1=O. The number of amides is 2. The number of carbonyl (C=O) groups is 2. The van der Waals surface area contributed by atoms with Crippen LogP contribution in [0.2, 0.25) is 0 Å². The minimum Gasteiger partial charge on any atom is -0.340 e. The van der Waals surface area contributed by atoms with Crippen LogP contribution in [0.1, 0.15) is 44.8 Å². The van der Waals surface area contributed by atoms with Gasteiger partial charge < -0.3 is 10.2 Å². The van der Waals surface area contributed by atoms with Gasteiger partial charge in [-0.05, 0) is 26.2 Å². The molecule has 1 aliphatic rings. The zero-order valence-electron chi connectivity index (χ0n) is 13.3. The van der Waals surface area contributed by atoms with Crippen molar-refractivity contribution in [2.45, 2.75) is 59.2 Å². The Balaban J connectivity index is 2.34. The van der Waals surface area contributed by atoms with E-state index in [9.17, 15) is 9.59 Å². The number of nitrogens with zero attached hydrogens (tertiary/aromatic N) is 2. The Bertz CT molecular complexity index is 555. The number of rotatable bonds is 4. The molecule has 1 aromatic rings. The summed E-state index contributed by atoms with van der Waals surface area (Å²) < 4.78 is 0. The van der Waals surface area contributed by atoms with Gasteiger partial charge >= 0.3 is 0 Å². The lowest BCUT2D eigenvalue weighted by atomic mass is 9.88. The van der Waals surface area contributed by atoms with Gasteiger partial charge in [0.2, 0.25) is 11.8 Å². The molecule has 2 atom stereocenters. The monoisotopic (exact) mass is 309 g/mol. The van der Waals surface area contributed by atoms with Gasteiger partial charge in [0.05, 0.1) is 6.54 Å². The number of aromatic nitrogens is 1. The van der Waals surface area contributed by atoms with E-state index in [1.165, 1.54) is 11.3 Å². The molecule has 1 aromatic heterocycles. The standard InChI is InChI=1S/C15H23N3O2S/c1-6-15(5)14(20)18(7-11-16-10(4)8-21-11)12(9(2)3)13(19)17-15/h8-9,12H,6-7H2,1-5H3,(H,17,19). The number of hydrogen-bond donors (Lipinski definition) is 1. The molecule has 1 saturated heterocycles. The van der Waals surface area contributed by atoms with Crippen LogP contribution in [-0.2, 0) is 16.1 Å². The molecule has 2 rings (SSSR count). The Kier molecular flexibility index (Phi) is 4.37. The quantitative estimate of drug-likeness (QED) is 0.926. The van der Waals surface area contributed by atoms with E-state index in [0.29, 0.717) is 13.0 Å². The van der Waals surface area contributed by atoms with Gasteiger partial charge in [0.1, 0.15) is 16.6 Å². The normalized spacial score (nSPS) is 26.4. The molecule has 2 amide bonds. The summed E-state index contributed by atoms with van der Waals surface area (Å²) in [6.45, 7) is 9.98. The number of carbonyl (C=O) groups excluding carboxylic acids is 2. The number of aryl methyl sites for hydroxylation is 1. The average Bonchev–Trinajstić information content (AvgIpc) is 2.80. The van der Waals surface area contributed by atoms with Crippen molar-refractivity contribution >= 4 is 23.2 Å². The summed E-state index contributed by atoms with van der Waals surface area (Å²) in [6.07, 6.45) is 0.579. The molecule has 2 heterocycles. The van der Waals surface area contributed by atoms with Crippen molar-refractivity contribution in [3.63, 3.8) is 0 Å². The highest BCUT2D eigenvalue weighted by molar-refractivity contribution is 7.09. The van der Waals surface area contributed by atoms with E-state index in [4.69, 9.17) is 0 Å². The third-order valence-corrected chi connectivity index (χ3v) is 5.00. The summed E-state index contributed by atoms with van der Waals surface area (Å²) in [5, 5.41) is 5.74. The zero-order chi connectivity index (χ0) is 15.8. The molecule has 1 aliphatic heterocycles. The molecule has 6 heteroatoms. The molecule has 0 aromatic carbocycles. The van der Waals surface area contributed by atoms with Crippen LogP contribution in [0.25, 0.3) is 0 Å². The molecular formula is C15H23N3O2S. The predicted molar refractivity (Wildman–Crippen MR) is 82.9 cm³/mol. The van der Waals surface area contributed by atoms with E-state index in [1.54, 1.807) is 11.8 Å². The van der Waals surface area contributed by atoms with Gasteiger partial charge in [-0.15, -0.1) is 11.3 Å². The highest BCUT2D eigenvalue weighted by Gasteiger charge is 2.48. The first kappa shape index (κ1) is 15.9. The molecule has 1 N–H and O–H groups in total. The molecule has 0 radical (unpaired) electrons. The largest absolute Gasteiger partial charge is 0.340 e. The Morgan fingerprint density at radius 2 is 2.14 bits per heavy atom. The minimum atomic E-state index is -0.811. The van der Waals surface area contributed by atoms with Crippen LogP contribution in [0.15, 0.2) is 5.38 Å². The van der Waals surface area contributed by atoms with Gasteiger partial charge in [0, 0.05) is 11.1 Å². The first-order chi connectivity index (χ1) is 9.78. The molecule has 1 fully saturated rings. The molecule has 2 unspecified atom stereocenters. The molecule has 116 valence electrons. The van der Waals surface area contributed by atoms with Crippen molar-refractivity contribution in [2.75, 3.05) is 0 Å². The third kappa shape index (κ3) is 2.95. The zero-order valence-corrected chi connectivity index (χ0v) is 14.1. The third-order valence-electron chi connectivity index (χ3n) is 4.05. The topological polar surface area (TPSA) is 62.3 Å². The maximum atomic E-state index is 12.8. The Morgan fingerprint density at radius 3 is 2.62 bits per heavy atom. The van der Waals surface area contributed by atoms with Crippen molar-refractivity contribution < 1.29 is 9.59 Å². The minimum absolute atomic E-state index is 0.0175. The lowest BCUT2D eigenvalue weighted by Gasteiger charge is -2.45. The fourth-order valence-corrected chi connectivity index (χ4v) is 3.45. The van der Waals surface area contributed by atoms with Crippen LogP contribution >= 0.6 is 11.3 Å². The first-order valence-electron chi connectivity index (χ1n) is 7.32. The maximum Gasteiger partial charge on any atom is 0.249 e. The predicted octanol–water partition coefficient (Wildman–Crippen LogP) is 2.10. The summed E-state index contributed by atoms with van der Waals surface area (Å²) in [7, 11) is 0. The van der Waals surface area contributed by atoms with Gasteiger partial charge in [0.25, 0.3) is 0 Å². The van der Waals surface area contributed by atoms with Crippen molar-refractivity contribution in [1.82, 2.24) is 15.2 Å². The number of hydrogen-bond acceptors (Lipinski definition) is 4. The number of nitrogens with one attached hydrogen (secondary N) is 1. The Morgan fingerprint density at radius 1 is 1.48 bits per heavy atom. The smallest absolute Gasteiger partial charge is 0.249 e. The van der Waals surface area contributed by atoms with E-state index in [1.807, 2.05) is 33.1 Å². The summed E-state index contributed by atoms with van der Waals surface area (Å²) in [4.78, 5) is 31.4. The van der Waals surface area contributed by atoms with E-state index >= 15 is 0 Å². The van der Waals surface area contributed by atoms with Crippen LogP contribution < -0.4 is 5.32 Å². The molecule has 21 heavy (non-hydrogen) atoms. The van der Waals surface area contributed by atoms with Crippen LogP contribution in [0.3, 0.4) is 0 Å². The van der Waals surface area contributed by atoms with Crippen molar-refractivity contribution in [3.8, 4) is 0 Å². The first-order valence-corrected chi connectivity index (χ1v) is 8.20. The molecular weight excluding hydrogens is 286 g/mol. The lowest BCUT2D eigenvalue weighted by Crippen LogP contribution is -2.69. The molecule has 0 spiro atoms. The van der Waals surface area contributed by atoms with Crippen molar-refractivity contribution in [1.29, 1.82) is 0 Å². The van der Waals surface area contributed by atoms with Crippen LogP contribution in [-0.4, -0.2) is 33.3 Å². The van der Waals surface area contributed by atoms with Crippen LogP contribution in [0.4, 0.5) is 0 Å².